The largest absolute Gasteiger partial charge is 0.330 e. The first-order chi connectivity index (χ1) is 11.5. The number of hydrogen-bond acceptors (Lipinski definition) is 3. The fraction of sp³-hybridized carbons (Fsp3) is 1.00. The highest BCUT2D eigenvalue weighted by atomic mass is 14.7. The first-order valence-corrected chi connectivity index (χ1v) is 10.6. The van der Waals surface area contributed by atoms with E-state index >= 15 is 0 Å². The molecule has 0 unspecified atom stereocenters. The molecule has 6 saturated carbocycles. The summed E-state index contributed by atoms with van der Waals surface area (Å²) in [7, 11) is 0. The van der Waals surface area contributed by atoms with Crippen LogP contribution in [0.4, 0.5) is 0 Å². The molecule has 3 nitrogen and oxygen atoms in total. The van der Waals surface area contributed by atoms with E-state index in [1.807, 2.05) is 0 Å². The summed E-state index contributed by atoms with van der Waals surface area (Å²) in [5.74, 6) is 0. The normalized spacial score (nSPS) is 44.6. The fourth-order valence-corrected chi connectivity index (χ4v) is 6.13. The van der Waals surface area contributed by atoms with Crippen molar-refractivity contribution in [1.82, 2.24) is 0 Å². The standard InChI is InChI=1S/C11H21N.C10H20N2.CH4/c1-2-10-3-6-11(9-12,7-4-10)8-5-10;11-7-9-1-2-10(8-12,5-3-9)6-4-9;/h2-9,12H2,1H3;1-8,11-12H2;1H4. The van der Waals surface area contributed by atoms with Gasteiger partial charge in [-0.15, -0.1) is 0 Å². The van der Waals surface area contributed by atoms with Crippen LogP contribution in [-0.4, -0.2) is 19.6 Å². The molecule has 0 aromatic rings. The van der Waals surface area contributed by atoms with Crippen molar-refractivity contribution in [2.24, 2.45) is 38.9 Å². The average Bonchev–Trinajstić information content (AvgIpc) is 2.71. The van der Waals surface area contributed by atoms with Gasteiger partial charge in [-0.3, -0.25) is 0 Å². The second-order valence-electron chi connectivity index (χ2n) is 9.97. The van der Waals surface area contributed by atoms with E-state index in [1.165, 1.54) is 83.5 Å². The molecule has 0 amide bonds. The molecule has 148 valence electrons. The van der Waals surface area contributed by atoms with Crippen molar-refractivity contribution in [3.8, 4) is 0 Å². The van der Waals surface area contributed by atoms with Gasteiger partial charge in [-0.25, -0.2) is 0 Å². The van der Waals surface area contributed by atoms with Crippen LogP contribution in [0.25, 0.3) is 0 Å². The zero-order valence-corrected chi connectivity index (χ0v) is 16.0. The highest BCUT2D eigenvalue weighted by Gasteiger charge is 2.47. The van der Waals surface area contributed by atoms with Gasteiger partial charge in [0.2, 0.25) is 0 Å². The molecule has 0 radical (unpaired) electrons. The lowest BCUT2D eigenvalue weighted by Crippen LogP contribution is -2.48. The Morgan fingerprint density at radius 1 is 0.480 bits per heavy atom. The van der Waals surface area contributed by atoms with Crippen LogP contribution in [0.3, 0.4) is 0 Å². The van der Waals surface area contributed by atoms with Gasteiger partial charge < -0.3 is 17.2 Å². The summed E-state index contributed by atoms with van der Waals surface area (Å²) in [4.78, 5) is 0. The molecule has 3 heteroatoms. The monoisotopic (exact) mass is 351 g/mol. The van der Waals surface area contributed by atoms with Crippen molar-refractivity contribution in [3.05, 3.63) is 0 Å². The highest BCUT2D eigenvalue weighted by Crippen LogP contribution is 2.58. The van der Waals surface area contributed by atoms with E-state index in [-0.39, 0.29) is 7.43 Å². The minimum atomic E-state index is 0. The molecule has 0 heterocycles. The van der Waals surface area contributed by atoms with E-state index in [1.54, 1.807) is 0 Å². The number of rotatable bonds is 4. The molecule has 0 atom stereocenters. The van der Waals surface area contributed by atoms with E-state index in [0.29, 0.717) is 16.2 Å². The van der Waals surface area contributed by atoms with Crippen molar-refractivity contribution in [3.63, 3.8) is 0 Å². The van der Waals surface area contributed by atoms with Crippen molar-refractivity contribution in [1.29, 1.82) is 0 Å². The molecule has 0 aromatic carbocycles. The first-order valence-electron chi connectivity index (χ1n) is 10.6. The molecule has 0 aliphatic heterocycles. The smallest absolute Gasteiger partial charge is 0.00205 e. The summed E-state index contributed by atoms with van der Waals surface area (Å²) in [6, 6.07) is 0. The van der Waals surface area contributed by atoms with Crippen LogP contribution in [0.15, 0.2) is 0 Å². The Labute approximate surface area is 156 Å². The third-order valence-electron chi connectivity index (χ3n) is 9.16. The number of hydrogen-bond donors (Lipinski definition) is 3. The summed E-state index contributed by atoms with van der Waals surface area (Å²) in [5.41, 5.74) is 19.9. The van der Waals surface area contributed by atoms with Crippen molar-refractivity contribution < 1.29 is 0 Å². The van der Waals surface area contributed by atoms with Crippen LogP contribution in [-0.2, 0) is 0 Å². The minimum absolute atomic E-state index is 0. The Morgan fingerprint density at radius 2 is 0.680 bits per heavy atom. The van der Waals surface area contributed by atoms with E-state index in [2.05, 4.69) is 6.92 Å². The Bertz CT molecular complexity index is 302. The molecule has 0 spiro atoms. The van der Waals surface area contributed by atoms with Gasteiger partial charge in [0.1, 0.15) is 0 Å². The van der Waals surface area contributed by atoms with Crippen LogP contribution in [0, 0.1) is 21.7 Å². The summed E-state index contributed by atoms with van der Waals surface area (Å²) in [6.45, 7) is 5.09. The predicted molar refractivity (Wildman–Crippen MR) is 109 cm³/mol. The predicted octanol–water partition coefficient (Wildman–Crippen LogP) is 4.58. The van der Waals surface area contributed by atoms with Gasteiger partial charge in [0.25, 0.3) is 0 Å². The molecular weight excluding hydrogens is 306 g/mol. The molecule has 4 bridgehead atoms. The molecule has 25 heavy (non-hydrogen) atoms. The van der Waals surface area contributed by atoms with Crippen LogP contribution in [0.5, 0.6) is 0 Å². The quantitative estimate of drug-likeness (QED) is 0.694. The van der Waals surface area contributed by atoms with E-state index in [0.717, 1.165) is 25.0 Å². The van der Waals surface area contributed by atoms with Gasteiger partial charge in [-0.05, 0) is 118 Å². The summed E-state index contributed by atoms with van der Waals surface area (Å²) in [6.07, 6.45) is 18.0. The summed E-state index contributed by atoms with van der Waals surface area (Å²) >= 11 is 0. The van der Waals surface area contributed by atoms with Crippen molar-refractivity contribution in [2.45, 2.75) is 97.8 Å². The first kappa shape index (κ1) is 21.2. The van der Waals surface area contributed by atoms with Crippen molar-refractivity contribution in [2.75, 3.05) is 19.6 Å². The molecule has 6 aliphatic carbocycles. The molecular formula is C22H45N3. The Balaban J connectivity index is 0.000000173. The second-order valence-corrected chi connectivity index (χ2v) is 9.97. The Hall–Kier alpha value is -0.120. The van der Waals surface area contributed by atoms with Gasteiger partial charge in [-0.1, -0.05) is 20.8 Å². The van der Waals surface area contributed by atoms with Crippen molar-refractivity contribution >= 4 is 0 Å². The molecule has 6 rings (SSSR count). The second kappa shape index (κ2) is 7.86. The number of nitrogens with two attached hydrogens (primary N) is 3. The zero-order chi connectivity index (χ0) is 17.3. The molecule has 6 aliphatic rings. The third-order valence-corrected chi connectivity index (χ3v) is 9.16. The maximum atomic E-state index is 5.86. The summed E-state index contributed by atoms with van der Waals surface area (Å²) < 4.78 is 0. The molecule has 6 N–H and O–H groups in total. The highest BCUT2D eigenvalue weighted by molar-refractivity contribution is 5.00. The SMILES string of the molecule is C.CCC12CCC(CN)(CC1)CC2.NCC12CCC(CN)(CC1)CC2. The van der Waals surface area contributed by atoms with Gasteiger partial charge >= 0.3 is 0 Å². The zero-order valence-electron chi connectivity index (χ0n) is 16.0. The van der Waals surface area contributed by atoms with Crippen LogP contribution >= 0.6 is 0 Å². The lowest BCUT2D eigenvalue weighted by Gasteiger charge is -2.53. The van der Waals surface area contributed by atoms with E-state index in [4.69, 9.17) is 17.2 Å². The maximum absolute atomic E-state index is 5.86. The lowest BCUT2D eigenvalue weighted by atomic mass is 9.53. The van der Waals surface area contributed by atoms with Crippen LogP contribution < -0.4 is 17.2 Å². The third kappa shape index (κ3) is 3.94. The Kier molecular flexibility index (Phi) is 6.66. The van der Waals surface area contributed by atoms with Crippen LogP contribution in [0.1, 0.15) is 97.8 Å². The maximum Gasteiger partial charge on any atom is -0.00205 e. The summed E-state index contributed by atoms with van der Waals surface area (Å²) in [5, 5.41) is 0. The average molecular weight is 352 g/mol. The number of fused-ring (bicyclic) bond motifs is 6. The topological polar surface area (TPSA) is 78.1 Å². The van der Waals surface area contributed by atoms with Gasteiger partial charge in [0.15, 0.2) is 0 Å². The Morgan fingerprint density at radius 3 is 0.840 bits per heavy atom. The fourth-order valence-electron chi connectivity index (χ4n) is 6.13. The van der Waals surface area contributed by atoms with E-state index < -0.39 is 0 Å². The van der Waals surface area contributed by atoms with E-state index in [9.17, 15) is 0 Å². The molecule has 0 aromatic heterocycles. The van der Waals surface area contributed by atoms with Gasteiger partial charge in [0, 0.05) is 0 Å². The minimum Gasteiger partial charge on any atom is -0.330 e. The lowest BCUT2D eigenvalue weighted by molar-refractivity contribution is -0.00532. The van der Waals surface area contributed by atoms with Crippen LogP contribution in [0.2, 0.25) is 0 Å². The molecule has 6 fully saturated rings. The molecule has 0 saturated heterocycles. The van der Waals surface area contributed by atoms with Gasteiger partial charge in [0.05, 0.1) is 0 Å². The van der Waals surface area contributed by atoms with Gasteiger partial charge in [-0.2, -0.15) is 0 Å².